The van der Waals surface area contributed by atoms with E-state index < -0.39 is 15.8 Å². The van der Waals surface area contributed by atoms with Crippen molar-refractivity contribution >= 4 is 39.9 Å². The topological polar surface area (TPSA) is 78.9 Å². The van der Waals surface area contributed by atoms with Gasteiger partial charge in [0.25, 0.3) is 0 Å². The van der Waals surface area contributed by atoms with E-state index in [2.05, 4.69) is 10.3 Å². The van der Waals surface area contributed by atoms with Crippen molar-refractivity contribution in [2.24, 2.45) is 5.41 Å². The number of pyridine rings is 1. The maximum absolute atomic E-state index is 13.3. The van der Waals surface area contributed by atoms with E-state index >= 15 is 0 Å². The van der Waals surface area contributed by atoms with E-state index in [1.165, 1.54) is 0 Å². The molecule has 1 aromatic heterocycles. The van der Waals surface area contributed by atoms with Crippen molar-refractivity contribution in [3.8, 4) is 23.0 Å². The first kappa shape index (κ1) is 24.2. The van der Waals surface area contributed by atoms with Crippen molar-refractivity contribution < 1.29 is 23.7 Å². The average molecular weight is 505 g/mol. The molecule has 3 aromatic rings. The van der Waals surface area contributed by atoms with Gasteiger partial charge in [-0.3, -0.25) is 9.78 Å². The molecule has 1 aliphatic carbocycles. The Hall–Kier alpha value is -2.90. The number of nitrogens with one attached hydrogen (secondary N) is 1. The fourth-order valence-electron chi connectivity index (χ4n) is 4.03. The molecule has 0 spiro atoms. The molecule has 0 unspecified atom stereocenters. The second-order valence-corrected chi connectivity index (χ2v) is 9.84. The minimum atomic E-state index is -1.11. The van der Waals surface area contributed by atoms with Crippen LogP contribution in [0.25, 0.3) is 10.8 Å². The third-order valence-corrected chi connectivity index (χ3v) is 7.45. The van der Waals surface area contributed by atoms with Gasteiger partial charge in [0.05, 0.1) is 45.6 Å². The van der Waals surface area contributed by atoms with Gasteiger partial charge < -0.3 is 24.3 Å². The monoisotopic (exact) mass is 504 g/mol. The van der Waals surface area contributed by atoms with Crippen molar-refractivity contribution in [3.63, 3.8) is 0 Å². The lowest BCUT2D eigenvalue weighted by Crippen LogP contribution is -2.37. The van der Waals surface area contributed by atoms with Crippen LogP contribution < -0.4 is 24.3 Å². The van der Waals surface area contributed by atoms with Gasteiger partial charge in [0, 0.05) is 11.6 Å². The molecule has 1 fully saturated rings. The molecule has 2 aromatic carbocycles. The summed E-state index contributed by atoms with van der Waals surface area (Å²) < 4.78 is 20.7. The number of carbonyl (C=O) groups excluding carboxylic acids is 1. The zero-order valence-electron chi connectivity index (χ0n) is 19.6. The van der Waals surface area contributed by atoms with Crippen LogP contribution in [0, 0.1) is 5.41 Å². The van der Waals surface area contributed by atoms with E-state index in [-0.39, 0.29) is 5.91 Å². The smallest absolute Gasteiger partial charge is 0.229 e. The van der Waals surface area contributed by atoms with Crippen LogP contribution in [0.15, 0.2) is 42.6 Å². The van der Waals surface area contributed by atoms with E-state index in [1.54, 1.807) is 47.6 Å². The van der Waals surface area contributed by atoms with Crippen LogP contribution in [-0.4, -0.2) is 43.7 Å². The maximum atomic E-state index is 13.3. The standard InChI is InChI=1S/C25H26Cl2N2O5/c1-24(13-25(24,26)27)23(30)29-21(15-6-7-17(31-2)18(11-15)32-3)22-16-12-20(34-5)19(33-4)10-14(16)8-9-28-22/h6-12,21H,13H2,1-5H3,(H,29,30)/t21-,24-/m1/s1. The number of fused-ring (bicyclic) bond motifs is 1. The predicted molar refractivity (Wildman–Crippen MR) is 132 cm³/mol. The molecule has 1 saturated carbocycles. The zero-order valence-corrected chi connectivity index (χ0v) is 21.1. The van der Waals surface area contributed by atoms with Crippen molar-refractivity contribution in [2.45, 2.75) is 23.7 Å². The highest BCUT2D eigenvalue weighted by Crippen LogP contribution is 2.64. The summed E-state index contributed by atoms with van der Waals surface area (Å²) in [6.45, 7) is 1.75. The van der Waals surface area contributed by atoms with Crippen LogP contribution in [0.5, 0.6) is 23.0 Å². The Morgan fingerprint density at radius 2 is 1.53 bits per heavy atom. The Balaban J connectivity index is 1.88. The Morgan fingerprint density at radius 3 is 2.12 bits per heavy atom. The lowest BCUT2D eigenvalue weighted by molar-refractivity contribution is -0.126. The van der Waals surface area contributed by atoms with Crippen LogP contribution in [-0.2, 0) is 4.79 Å². The largest absolute Gasteiger partial charge is 0.493 e. The van der Waals surface area contributed by atoms with E-state index in [0.717, 1.165) is 16.3 Å². The van der Waals surface area contributed by atoms with Gasteiger partial charge in [0.15, 0.2) is 23.0 Å². The van der Waals surface area contributed by atoms with Gasteiger partial charge in [-0.15, -0.1) is 23.2 Å². The molecular formula is C25H26Cl2N2O5. The molecule has 1 amide bonds. The number of hydrogen-bond donors (Lipinski definition) is 1. The SMILES string of the molecule is COc1ccc([C@@H](NC(=O)[C@@]2(C)CC2(Cl)Cl)c2nccc3cc(OC)c(OC)cc23)cc1OC. The summed E-state index contributed by atoms with van der Waals surface area (Å²) in [5.74, 6) is 1.98. The van der Waals surface area contributed by atoms with Gasteiger partial charge in [-0.05, 0) is 54.6 Å². The molecule has 9 heteroatoms. The van der Waals surface area contributed by atoms with Crippen molar-refractivity contribution in [1.29, 1.82) is 0 Å². The summed E-state index contributed by atoms with van der Waals surface area (Å²) in [5, 5.41) is 4.79. The number of alkyl halides is 2. The van der Waals surface area contributed by atoms with Crippen LogP contribution in [0.1, 0.15) is 30.6 Å². The van der Waals surface area contributed by atoms with Crippen molar-refractivity contribution in [1.82, 2.24) is 10.3 Å². The summed E-state index contributed by atoms with van der Waals surface area (Å²) in [7, 11) is 6.28. The van der Waals surface area contributed by atoms with Crippen LogP contribution >= 0.6 is 23.2 Å². The number of hydrogen-bond acceptors (Lipinski definition) is 6. The Labute approximate surface area is 208 Å². The molecule has 7 nitrogen and oxygen atoms in total. The first-order valence-corrected chi connectivity index (χ1v) is 11.4. The molecule has 0 saturated heterocycles. The number of halogens is 2. The zero-order chi connectivity index (χ0) is 24.7. The molecule has 1 N–H and O–H groups in total. The summed E-state index contributed by atoms with van der Waals surface area (Å²) in [4.78, 5) is 18.0. The lowest BCUT2D eigenvalue weighted by atomic mass is 9.96. The highest BCUT2D eigenvalue weighted by atomic mass is 35.5. The third kappa shape index (κ3) is 4.07. The van der Waals surface area contributed by atoms with E-state index in [4.69, 9.17) is 42.1 Å². The number of amides is 1. The molecular weight excluding hydrogens is 479 g/mol. The van der Waals surface area contributed by atoms with Crippen LogP contribution in [0.3, 0.4) is 0 Å². The molecule has 180 valence electrons. The van der Waals surface area contributed by atoms with Crippen molar-refractivity contribution in [3.05, 3.63) is 53.9 Å². The Morgan fingerprint density at radius 1 is 0.941 bits per heavy atom. The van der Waals surface area contributed by atoms with Gasteiger partial charge in [0.1, 0.15) is 4.33 Å². The van der Waals surface area contributed by atoms with Gasteiger partial charge >= 0.3 is 0 Å². The highest BCUT2D eigenvalue weighted by molar-refractivity contribution is 6.53. The maximum Gasteiger partial charge on any atom is 0.229 e. The number of ether oxygens (including phenoxy) is 4. The predicted octanol–water partition coefficient (Wildman–Crippen LogP) is 5.06. The number of methoxy groups -OCH3 is 4. The molecule has 0 radical (unpaired) electrons. The normalized spacial score (nSPS) is 19.3. The number of nitrogens with zero attached hydrogens (tertiary/aromatic N) is 1. The minimum Gasteiger partial charge on any atom is -0.493 e. The molecule has 34 heavy (non-hydrogen) atoms. The Kier molecular flexibility index (Phi) is 6.44. The molecule has 2 atom stereocenters. The van der Waals surface area contributed by atoms with Crippen molar-refractivity contribution in [2.75, 3.05) is 28.4 Å². The van der Waals surface area contributed by atoms with Gasteiger partial charge in [0.2, 0.25) is 5.91 Å². The fraction of sp³-hybridized carbons (Fsp3) is 0.360. The van der Waals surface area contributed by atoms with E-state index in [1.807, 2.05) is 30.3 Å². The Bertz CT molecular complexity index is 1250. The van der Waals surface area contributed by atoms with Gasteiger partial charge in [-0.1, -0.05) is 6.07 Å². The lowest BCUT2D eigenvalue weighted by Gasteiger charge is -2.24. The molecule has 1 heterocycles. The molecule has 0 aliphatic heterocycles. The number of aromatic nitrogens is 1. The fourth-order valence-corrected chi connectivity index (χ4v) is 4.74. The first-order valence-electron chi connectivity index (χ1n) is 10.6. The summed E-state index contributed by atoms with van der Waals surface area (Å²) in [6, 6.07) is 10.4. The van der Waals surface area contributed by atoms with E-state index in [0.29, 0.717) is 35.1 Å². The second kappa shape index (κ2) is 9.04. The number of rotatable bonds is 8. The number of carbonyl (C=O) groups is 1. The van der Waals surface area contributed by atoms with E-state index in [9.17, 15) is 4.79 Å². The highest BCUT2D eigenvalue weighted by Gasteiger charge is 2.68. The van der Waals surface area contributed by atoms with Crippen LogP contribution in [0.4, 0.5) is 0 Å². The first-order chi connectivity index (χ1) is 16.2. The quantitative estimate of drug-likeness (QED) is 0.432. The minimum absolute atomic E-state index is 0.267. The summed E-state index contributed by atoms with van der Waals surface area (Å²) in [6.07, 6.45) is 2.05. The second-order valence-electron chi connectivity index (χ2n) is 8.36. The third-order valence-electron chi connectivity index (χ3n) is 6.35. The van der Waals surface area contributed by atoms with Gasteiger partial charge in [-0.25, -0.2) is 0 Å². The van der Waals surface area contributed by atoms with Gasteiger partial charge in [-0.2, -0.15) is 0 Å². The van der Waals surface area contributed by atoms with Crippen LogP contribution in [0.2, 0.25) is 0 Å². The molecule has 4 rings (SSSR count). The summed E-state index contributed by atoms with van der Waals surface area (Å²) in [5.41, 5.74) is 0.467. The summed E-state index contributed by atoms with van der Waals surface area (Å²) >= 11 is 12.6. The molecule has 1 aliphatic rings. The number of benzene rings is 2. The molecule has 0 bridgehead atoms. The average Bonchev–Trinajstić information content (AvgIpc) is 3.38.